The van der Waals surface area contributed by atoms with Gasteiger partial charge in [-0.2, -0.15) is 0 Å². The first-order valence-corrected chi connectivity index (χ1v) is 18.5. The van der Waals surface area contributed by atoms with Crippen LogP contribution in [0.25, 0.3) is 111 Å². The fraction of sp³-hybridized carbons (Fsp3) is 0. The minimum atomic E-state index is 0.554. The van der Waals surface area contributed by atoms with Crippen LogP contribution in [0.1, 0.15) is 0 Å². The Hall–Kier alpha value is -7.43. The van der Waals surface area contributed by atoms with Crippen molar-refractivity contribution in [3.05, 3.63) is 188 Å². The number of fused-ring (bicyclic) bond motifs is 7. The van der Waals surface area contributed by atoms with Crippen LogP contribution in [0.3, 0.4) is 0 Å². The number of aromatic nitrogens is 3. The number of rotatable bonds is 5. The van der Waals surface area contributed by atoms with Gasteiger partial charge in [-0.25, -0.2) is 15.0 Å². The summed E-state index contributed by atoms with van der Waals surface area (Å²) in [5, 5.41) is 8.98. The average Bonchev–Trinajstić information content (AvgIpc) is 3.65. The van der Waals surface area contributed by atoms with Crippen LogP contribution in [0.4, 0.5) is 0 Å². The lowest BCUT2D eigenvalue weighted by molar-refractivity contribution is 0.670. The number of furan rings is 1. The molecule has 0 aliphatic carbocycles. The molecule has 0 atom stereocenters. The second kappa shape index (κ2) is 12.6. The first kappa shape index (κ1) is 31.1. The van der Waals surface area contributed by atoms with E-state index >= 15 is 0 Å². The maximum Gasteiger partial charge on any atom is 0.167 e. The summed E-state index contributed by atoms with van der Waals surface area (Å²) in [6.07, 6.45) is 0. The summed E-state index contributed by atoms with van der Waals surface area (Å²) in [5.74, 6) is 1.76. The third kappa shape index (κ3) is 5.43. The van der Waals surface area contributed by atoms with Gasteiger partial charge in [0, 0.05) is 21.9 Å². The molecular formula is C51H31N3O. The zero-order valence-corrected chi connectivity index (χ0v) is 29.6. The van der Waals surface area contributed by atoms with Gasteiger partial charge in [0.15, 0.2) is 17.5 Å². The van der Waals surface area contributed by atoms with E-state index in [1.54, 1.807) is 0 Å². The van der Waals surface area contributed by atoms with Crippen LogP contribution < -0.4 is 0 Å². The molecule has 0 N–H and O–H groups in total. The van der Waals surface area contributed by atoms with Gasteiger partial charge in [-0.1, -0.05) is 152 Å². The Kier molecular flexibility index (Phi) is 7.14. The van der Waals surface area contributed by atoms with E-state index in [2.05, 4.69) is 176 Å². The lowest BCUT2D eigenvalue weighted by atomic mass is 9.97. The number of hydrogen-bond acceptors (Lipinski definition) is 4. The normalized spacial score (nSPS) is 11.6. The molecule has 0 unspecified atom stereocenters. The van der Waals surface area contributed by atoms with Crippen LogP contribution in [0.5, 0.6) is 0 Å². The van der Waals surface area contributed by atoms with Gasteiger partial charge in [0.25, 0.3) is 0 Å². The molecule has 4 nitrogen and oxygen atoms in total. The highest BCUT2D eigenvalue weighted by molar-refractivity contribution is 6.21. The molecule has 0 bridgehead atoms. The molecule has 2 heterocycles. The van der Waals surface area contributed by atoms with Crippen molar-refractivity contribution >= 4 is 54.3 Å². The predicted octanol–water partition coefficient (Wildman–Crippen LogP) is 13.6. The van der Waals surface area contributed by atoms with Gasteiger partial charge >= 0.3 is 0 Å². The molecule has 0 saturated carbocycles. The molecule has 2 aromatic heterocycles. The average molecular weight is 702 g/mol. The molecule has 4 heteroatoms. The molecule has 55 heavy (non-hydrogen) atoms. The zero-order chi connectivity index (χ0) is 36.3. The quantitative estimate of drug-likeness (QED) is 0.179. The highest BCUT2D eigenvalue weighted by Crippen LogP contribution is 2.42. The first-order valence-electron chi connectivity index (χ1n) is 18.5. The summed E-state index contributed by atoms with van der Waals surface area (Å²) < 4.78 is 6.79. The second-order valence-corrected chi connectivity index (χ2v) is 14.0. The number of hydrogen-bond donors (Lipinski definition) is 0. The van der Waals surface area contributed by atoms with Crippen molar-refractivity contribution < 1.29 is 4.42 Å². The van der Waals surface area contributed by atoms with E-state index < -0.39 is 0 Å². The van der Waals surface area contributed by atoms with E-state index in [0.29, 0.717) is 17.5 Å². The van der Waals surface area contributed by atoms with Crippen LogP contribution >= 0.6 is 0 Å². The molecule has 11 rings (SSSR count). The molecule has 0 spiro atoms. The van der Waals surface area contributed by atoms with E-state index in [9.17, 15) is 0 Å². The van der Waals surface area contributed by atoms with Crippen LogP contribution in [0, 0.1) is 0 Å². The molecule has 0 aliphatic heterocycles. The minimum Gasteiger partial charge on any atom is -0.455 e. The van der Waals surface area contributed by atoms with Crippen molar-refractivity contribution in [2.45, 2.75) is 0 Å². The third-order valence-corrected chi connectivity index (χ3v) is 10.7. The third-order valence-electron chi connectivity index (χ3n) is 10.7. The standard InChI is InChI=1S/C51H31N3O/c1-3-11-32(12-4-1)37-20-21-39-29-41(24-22-38(39)27-37)50-52-49(40-23-19-34-15-7-8-17-36(34)28-40)53-51(54-50)45-31-42(33-13-5-2-6-14-33)30-44-47-43-18-10-9-16-35(43)25-26-46(47)55-48(44)45/h1-31H. The molecule has 0 radical (unpaired) electrons. The maximum atomic E-state index is 6.79. The van der Waals surface area contributed by atoms with Crippen molar-refractivity contribution in [1.82, 2.24) is 15.0 Å². The fourth-order valence-corrected chi connectivity index (χ4v) is 7.89. The summed E-state index contributed by atoms with van der Waals surface area (Å²) in [5.41, 5.74) is 8.77. The molecule has 0 aliphatic rings. The topological polar surface area (TPSA) is 51.8 Å². The smallest absolute Gasteiger partial charge is 0.167 e. The molecule has 11 aromatic rings. The lowest BCUT2D eigenvalue weighted by Gasteiger charge is -2.12. The van der Waals surface area contributed by atoms with Gasteiger partial charge in [0.2, 0.25) is 0 Å². The predicted molar refractivity (Wildman–Crippen MR) is 227 cm³/mol. The van der Waals surface area contributed by atoms with Crippen LogP contribution in [0.2, 0.25) is 0 Å². The Morgan fingerprint density at radius 3 is 1.53 bits per heavy atom. The number of nitrogens with zero attached hydrogens (tertiary/aromatic N) is 3. The summed E-state index contributed by atoms with van der Waals surface area (Å²) in [4.78, 5) is 15.7. The van der Waals surface area contributed by atoms with Gasteiger partial charge in [-0.3, -0.25) is 0 Å². The molecular weight excluding hydrogens is 671 g/mol. The van der Waals surface area contributed by atoms with Gasteiger partial charge in [0.05, 0.1) is 5.56 Å². The highest BCUT2D eigenvalue weighted by Gasteiger charge is 2.21. The van der Waals surface area contributed by atoms with E-state index in [-0.39, 0.29) is 0 Å². The molecule has 9 aromatic carbocycles. The first-order chi connectivity index (χ1) is 27.2. The second-order valence-electron chi connectivity index (χ2n) is 14.0. The van der Waals surface area contributed by atoms with E-state index in [1.807, 2.05) is 12.1 Å². The Morgan fingerprint density at radius 2 is 0.818 bits per heavy atom. The van der Waals surface area contributed by atoms with Crippen molar-refractivity contribution in [3.8, 4) is 56.4 Å². The summed E-state index contributed by atoms with van der Waals surface area (Å²) >= 11 is 0. The Balaban J connectivity index is 1.16. The van der Waals surface area contributed by atoms with Crippen molar-refractivity contribution in [2.75, 3.05) is 0 Å². The molecule has 0 saturated heterocycles. The largest absolute Gasteiger partial charge is 0.455 e. The number of benzene rings is 9. The van der Waals surface area contributed by atoms with Crippen LogP contribution in [0.15, 0.2) is 192 Å². The SMILES string of the molecule is c1ccc(-c2ccc3cc(-c4nc(-c5ccc6ccccc6c5)nc(-c5cc(-c6ccccc6)cc6c5oc5ccc7ccccc7c56)n4)ccc3c2)cc1. The van der Waals surface area contributed by atoms with E-state index in [1.165, 1.54) is 11.1 Å². The van der Waals surface area contributed by atoms with E-state index in [4.69, 9.17) is 19.4 Å². The Labute approximate surface area is 317 Å². The monoisotopic (exact) mass is 701 g/mol. The highest BCUT2D eigenvalue weighted by atomic mass is 16.3. The molecule has 256 valence electrons. The van der Waals surface area contributed by atoms with Crippen LogP contribution in [-0.4, -0.2) is 15.0 Å². The lowest BCUT2D eigenvalue weighted by Crippen LogP contribution is -2.01. The van der Waals surface area contributed by atoms with Crippen LogP contribution in [-0.2, 0) is 0 Å². The van der Waals surface area contributed by atoms with Crippen molar-refractivity contribution in [2.24, 2.45) is 0 Å². The fourth-order valence-electron chi connectivity index (χ4n) is 7.89. The zero-order valence-electron chi connectivity index (χ0n) is 29.6. The molecule has 0 fully saturated rings. The Morgan fingerprint density at radius 1 is 0.309 bits per heavy atom. The summed E-state index contributed by atoms with van der Waals surface area (Å²) in [6, 6.07) is 65.9. The van der Waals surface area contributed by atoms with Crippen molar-refractivity contribution in [3.63, 3.8) is 0 Å². The summed E-state index contributed by atoms with van der Waals surface area (Å²) in [6.45, 7) is 0. The van der Waals surface area contributed by atoms with Gasteiger partial charge < -0.3 is 4.42 Å². The Bertz CT molecular complexity index is 3260. The van der Waals surface area contributed by atoms with Gasteiger partial charge in [0.1, 0.15) is 11.2 Å². The minimum absolute atomic E-state index is 0.554. The van der Waals surface area contributed by atoms with E-state index in [0.717, 1.165) is 82.1 Å². The summed E-state index contributed by atoms with van der Waals surface area (Å²) in [7, 11) is 0. The van der Waals surface area contributed by atoms with Crippen molar-refractivity contribution in [1.29, 1.82) is 0 Å². The van der Waals surface area contributed by atoms with Gasteiger partial charge in [-0.05, 0) is 91.0 Å². The molecule has 0 amide bonds. The maximum absolute atomic E-state index is 6.79. The van der Waals surface area contributed by atoms with Gasteiger partial charge in [-0.15, -0.1) is 0 Å².